The molecule has 2 aromatic heterocycles. The predicted octanol–water partition coefficient (Wildman–Crippen LogP) is 3.46. The lowest BCUT2D eigenvalue weighted by atomic mass is 10.2. The molecule has 0 radical (unpaired) electrons. The lowest BCUT2D eigenvalue weighted by Gasteiger charge is -2.09. The molecule has 0 aliphatic carbocycles. The molecule has 100 valence electrons. The topological polar surface area (TPSA) is 50.9 Å². The summed E-state index contributed by atoms with van der Waals surface area (Å²) >= 11 is 3.41. The summed E-state index contributed by atoms with van der Waals surface area (Å²) in [4.78, 5) is 8.53. The van der Waals surface area contributed by atoms with Gasteiger partial charge in [-0.2, -0.15) is 0 Å². The van der Waals surface area contributed by atoms with E-state index in [-0.39, 0.29) is 0 Å². The molecule has 0 unspecified atom stereocenters. The first-order chi connectivity index (χ1) is 9.74. The molecule has 0 amide bonds. The molecule has 20 heavy (non-hydrogen) atoms. The smallest absolute Gasteiger partial charge is 0.141 e. The number of benzene rings is 1. The van der Waals surface area contributed by atoms with Gasteiger partial charge in [-0.1, -0.05) is 18.2 Å². The molecule has 0 aliphatic rings. The van der Waals surface area contributed by atoms with E-state index in [0.29, 0.717) is 12.3 Å². The molecule has 4 nitrogen and oxygen atoms in total. The summed E-state index contributed by atoms with van der Waals surface area (Å²) in [6, 6.07) is 9.28. The second kappa shape index (κ2) is 5.46. The van der Waals surface area contributed by atoms with E-state index in [4.69, 9.17) is 0 Å². The third kappa shape index (κ3) is 2.58. The number of pyridine rings is 1. The average Bonchev–Trinajstić information content (AvgIpc) is 2.90. The van der Waals surface area contributed by atoms with Crippen LogP contribution in [-0.2, 0) is 6.54 Å². The number of aromatic nitrogens is 3. The molecule has 0 saturated heterocycles. The van der Waals surface area contributed by atoms with Crippen LogP contribution in [0.1, 0.15) is 5.56 Å². The fourth-order valence-electron chi connectivity index (χ4n) is 2.06. The molecule has 0 spiro atoms. The molecule has 2 heterocycles. The molecule has 0 fully saturated rings. The summed E-state index contributed by atoms with van der Waals surface area (Å²) < 4.78 is 2.89. The predicted molar refractivity (Wildman–Crippen MR) is 80.4 cm³/mol. The minimum atomic E-state index is 0.291. The van der Waals surface area contributed by atoms with Gasteiger partial charge in [0.1, 0.15) is 11.6 Å². The zero-order valence-electron chi connectivity index (χ0n) is 10.6. The van der Waals surface area contributed by atoms with Crippen molar-refractivity contribution in [1.29, 1.82) is 0 Å². The summed E-state index contributed by atoms with van der Waals surface area (Å²) in [6.07, 6.45) is 7.15. The van der Waals surface area contributed by atoms with Crippen LogP contribution in [0.15, 0.2) is 59.6 Å². The molecule has 1 aromatic carbocycles. The normalized spacial score (nSPS) is 10.7. The highest BCUT2D eigenvalue weighted by molar-refractivity contribution is 9.10. The molecule has 3 aromatic rings. The maximum atomic E-state index is 9.86. The zero-order valence-corrected chi connectivity index (χ0v) is 12.2. The maximum Gasteiger partial charge on any atom is 0.141 e. The first kappa shape index (κ1) is 12.9. The Morgan fingerprint density at radius 1 is 1.20 bits per heavy atom. The van der Waals surface area contributed by atoms with Gasteiger partial charge in [-0.25, -0.2) is 4.98 Å². The van der Waals surface area contributed by atoms with Gasteiger partial charge in [0.2, 0.25) is 0 Å². The van der Waals surface area contributed by atoms with Gasteiger partial charge in [0, 0.05) is 40.4 Å². The number of phenolic OH excluding ortho intramolecular Hbond substituents is 1. The Balaban J connectivity index is 1.97. The number of rotatable bonds is 3. The standard InChI is InChI=1S/C15H12BrN3O/c16-13-7-12(8-17-9-13)15-18-5-6-19(15)10-11-3-1-2-4-14(11)20/h1-9,20H,10H2. The number of aromatic hydroxyl groups is 1. The van der Waals surface area contributed by atoms with Crippen LogP contribution >= 0.6 is 15.9 Å². The Hall–Kier alpha value is -2.14. The van der Waals surface area contributed by atoms with E-state index >= 15 is 0 Å². The number of nitrogens with zero attached hydrogens (tertiary/aromatic N) is 3. The van der Waals surface area contributed by atoms with Crippen molar-refractivity contribution in [2.75, 3.05) is 0 Å². The molecule has 1 N–H and O–H groups in total. The van der Waals surface area contributed by atoms with Crippen LogP contribution in [0, 0.1) is 0 Å². The Bertz CT molecular complexity index is 739. The zero-order chi connectivity index (χ0) is 13.9. The minimum Gasteiger partial charge on any atom is -0.508 e. The average molecular weight is 330 g/mol. The highest BCUT2D eigenvalue weighted by atomic mass is 79.9. The van der Waals surface area contributed by atoms with Crippen LogP contribution in [-0.4, -0.2) is 19.6 Å². The summed E-state index contributed by atoms with van der Waals surface area (Å²) in [5, 5.41) is 9.86. The second-order valence-electron chi connectivity index (χ2n) is 4.40. The lowest BCUT2D eigenvalue weighted by Crippen LogP contribution is -2.01. The minimum absolute atomic E-state index is 0.291. The molecule has 0 aliphatic heterocycles. The van der Waals surface area contributed by atoms with Crippen molar-refractivity contribution in [3.05, 3.63) is 65.2 Å². The SMILES string of the molecule is Oc1ccccc1Cn1ccnc1-c1cncc(Br)c1. The van der Waals surface area contributed by atoms with Crippen LogP contribution in [0.4, 0.5) is 0 Å². The molecule has 0 saturated carbocycles. The van der Waals surface area contributed by atoms with E-state index in [1.54, 1.807) is 24.7 Å². The summed E-state index contributed by atoms with van der Waals surface area (Å²) in [5.74, 6) is 1.11. The molecule has 0 atom stereocenters. The van der Waals surface area contributed by atoms with Gasteiger partial charge in [-0.05, 0) is 28.1 Å². The van der Waals surface area contributed by atoms with Crippen molar-refractivity contribution in [2.45, 2.75) is 6.54 Å². The van der Waals surface area contributed by atoms with Crippen molar-refractivity contribution in [1.82, 2.24) is 14.5 Å². The Morgan fingerprint density at radius 2 is 2.05 bits per heavy atom. The van der Waals surface area contributed by atoms with Crippen molar-refractivity contribution in [2.24, 2.45) is 0 Å². The van der Waals surface area contributed by atoms with Gasteiger partial charge in [0.05, 0.1) is 6.54 Å². The first-order valence-electron chi connectivity index (χ1n) is 6.13. The Kier molecular flexibility index (Phi) is 3.52. The Labute approximate surface area is 124 Å². The largest absolute Gasteiger partial charge is 0.508 e. The van der Waals surface area contributed by atoms with Crippen LogP contribution in [0.5, 0.6) is 5.75 Å². The number of phenols is 1. The third-order valence-electron chi connectivity index (χ3n) is 3.01. The maximum absolute atomic E-state index is 9.86. The highest BCUT2D eigenvalue weighted by Crippen LogP contribution is 2.23. The van der Waals surface area contributed by atoms with E-state index in [1.165, 1.54) is 0 Å². The van der Waals surface area contributed by atoms with Crippen LogP contribution < -0.4 is 0 Å². The van der Waals surface area contributed by atoms with Gasteiger partial charge >= 0.3 is 0 Å². The van der Waals surface area contributed by atoms with E-state index in [0.717, 1.165) is 21.4 Å². The molecule has 0 bridgehead atoms. The van der Waals surface area contributed by atoms with Gasteiger partial charge in [-0.3, -0.25) is 4.98 Å². The van der Waals surface area contributed by atoms with Crippen LogP contribution in [0.3, 0.4) is 0 Å². The summed E-state index contributed by atoms with van der Waals surface area (Å²) in [7, 11) is 0. The number of halogens is 1. The second-order valence-corrected chi connectivity index (χ2v) is 5.31. The monoisotopic (exact) mass is 329 g/mol. The van der Waals surface area contributed by atoms with Crippen molar-refractivity contribution in [3.63, 3.8) is 0 Å². The molecular weight excluding hydrogens is 318 g/mol. The fourth-order valence-corrected chi connectivity index (χ4v) is 2.42. The van der Waals surface area contributed by atoms with Gasteiger partial charge in [0.15, 0.2) is 0 Å². The first-order valence-corrected chi connectivity index (χ1v) is 6.92. The van der Waals surface area contributed by atoms with Crippen molar-refractivity contribution in [3.8, 4) is 17.1 Å². The van der Waals surface area contributed by atoms with Crippen molar-refractivity contribution >= 4 is 15.9 Å². The fraction of sp³-hybridized carbons (Fsp3) is 0.0667. The van der Waals surface area contributed by atoms with Gasteiger partial charge in [-0.15, -0.1) is 0 Å². The number of para-hydroxylation sites is 1. The van der Waals surface area contributed by atoms with E-state index in [9.17, 15) is 5.11 Å². The van der Waals surface area contributed by atoms with Crippen molar-refractivity contribution < 1.29 is 5.11 Å². The number of imidazole rings is 1. The van der Waals surface area contributed by atoms with Gasteiger partial charge in [0.25, 0.3) is 0 Å². The van der Waals surface area contributed by atoms with E-state index in [2.05, 4.69) is 25.9 Å². The third-order valence-corrected chi connectivity index (χ3v) is 3.44. The molecule has 5 heteroatoms. The van der Waals surface area contributed by atoms with E-state index < -0.39 is 0 Å². The quantitative estimate of drug-likeness (QED) is 0.800. The Morgan fingerprint density at radius 3 is 2.85 bits per heavy atom. The molecule has 3 rings (SSSR count). The van der Waals surface area contributed by atoms with Gasteiger partial charge < -0.3 is 9.67 Å². The number of hydrogen-bond acceptors (Lipinski definition) is 3. The van der Waals surface area contributed by atoms with Crippen LogP contribution in [0.2, 0.25) is 0 Å². The summed E-state index contributed by atoms with van der Waals surface area (Å²) in [6.45, 7) is 0.564. The molecular formula is C15H12BrN3O. The number of hydrogen-bond donors (Lipinski definition) is 1. The summed E-state index contributed by atoms with van der Waals surface area (Å²) in [5.41, 5.74) is 1.79. The van der Waals surface area contributed by atoms with E-state index in [1.807, 2.05) is 35.0 Å². The highest BCUT2D eigenvalue weighted by Gasteiger charge is 2.09. The van der Waals surface area contributed by atoms with Crippen LogP contribution in [0.25, 0.3) is 11.4 Å². The lowest BCUT2D eigenvalue weighted by molar-refractivity contribution is 0.466.